The van der Waals surface area contributed by atoms with Crippen LogP contribution in [0.3, 0.4) is 0 Å². The molecule has 0 aliphatic rings. The number of amides is 1. The number of hydrogen-bond acceptors (Lipinski definition) is 8. The predicted molar refractivity (Wildman–Crippen MR) is 102 cm³/mol. The zero-order valence-electron chi connectivity index (χ0n) is 15.4. The topological polar surface area (TPSA) is 112 Å². The van der Waals surface area contributed by atoms with Gasteiger partial charge in [-0.3, -0.25) is 9.59 Å². The molecule has 1 aromatic carbocycles. The summed E-state index contributed by atoms with van der Waals surface area (Å²) in [6, 6.07) is 10.7. The third kappa shape index (κ3) is 4.77. The van der Waals surface area contributed by atoms with Crippen molar-refractivity contribution in [2.24, 2.45) is 0 Å². The first-order valence-corrected chi connectivity index (χ1v) is 9.56. The Bertz CT molecular complexity index is 968. The van der Waals surface area contributed by atoms with Gasteiger partial charge < -0.3 is 14.5 Å². The Kier molecular flexibility index (Phi) is 6.43. The summed E-state index contributed by atoms with van der Waals surface area (Å²) >= 11 is 1.20. The number of ether oxygens (including phenoxy) is 1. The normalized spacial score (nSPS) is 10.6. The lowest BCUT2D eigenvalue weighted by molar-refractivity contribution is -0.119. The Morgan fingerprint density at radius 1 is 1.25 bits per heavy atom. The molecule has 0 radical (unpaired) electrons. The van der Waals surface area contributed by atoms with E-state index in [9.17, 15) is 9.59 Å². The van der Waals surface area contributed by atoms with Crippen LogP contribution in [0.25, 0.3) is 5.69 Å². The van der Waals surface area contributed by atoms with Gasteiger partial charge in [0, 0.05) is 6.92 Å². The third-order valence-electron chi connectivity index (χ3n) is 3.61. The second-order valence-electron chi connectivity index (χ2n) is 5.66. The lowest BCUT2D eigenvalue weighted by atomic mass is 10.3. The van der Waals surface area contributed by atoms with Crippen LogP contribution in [-0.2, 0) is 11.3 Å². The molecule has 1 N–H and O–H groups in total. The molecule has 0 aliphatic heterocycles. The van der Waals surface area contributed by atoms with Gasteiger partial charge in [-0.1, -0.05) is 23.9 Å². The molecule has 146 valence electrons. The number of para-hydroxylation sites is 2. The minimum Gasteiger partial charge on any atom is -0.492 e. The first kappa shape index (κ1) is 19.6. The first-order chi connectivity index (χ1) is 13.6. The smallest absolute Gasteiger partial charge is 0.217 e. The number of carbonyl (C=O) groups is 2. The number of Topliss-reactive ketones (excluding diaryl/α,β-unsaturated/α-hetero) is 1. The summed E-state index contributed by atoms with van der Waals surface area (Å²) in [5.74, 6) is 1.12. The molecule has 2 heterocycles. The summed E-state index contributed by atoms with van der Waals surface area (Å²) in [6.07, 6.45) is 0. The van der Waals surface area contributed by atoms with Crippen LogP contribution in [0.5, 0.6) is 5.75 Å². The molecule has 3 rings (SSSR count). The number of nitrogens with one attached hydrogen (secondary N) is 1. The van der Waals surface area contributed by atoms with Crippen molar-refractivity contribution in [3.8, 4) is 11.4 Å². The highest BCUT2D eigenvalue weighted by Crippen LogP contribution is 2.26. The van der Waals surface area contributed by atoms with Gasteiger partial charge >= 0.3 is 0 Å². The average molecular weight is 401 g/mol. The van der Waals surface area contributed by atoms with Crippen molar-refractivity contribution in [3.63, 3.8) is 0 Å². The molecule has 28 heavy (non-hydrogen) atoms. The van der Waals surface area contributed by atoms with Gasteiger partial charge in [-0.25, -0.2) is 0 Å². The van der Waals surface area contributed by atoms with E-state index in [1.54, 1.807) is 12.1 Å². The fourth-order valence-electron chi connectivity index (χ4n) is 2.37. The summed E-state index contributed by atoms with van der Waals surface area (Å²) in [7, 11) is 0. The molecule has 1 amide bonds. The number of thioether (sulfide) groups is 1. The number of benzene rings is 1. The second kappa shape index (κ2) is 9.18. The van der Waals surface area contributed by atoms with Crippen molar-refractivity contribution < 1.29 is 18.7 Å². The van der Waals surface area contributed by atoms with Gasteiger partial charge in [0.25, 0.3) is 0 Å². The lowest BCUT2D eigenvalue weighted by Gasteiger charge is -2.10. The van der Waals surface area contributed by atoms with E-state index in [1.807, 2.05) is 31.2 Å². The molecule has 0 fully saturated rings. The largest absolute Gasteiger partial charge is 0.492 e. The lowest BCUT2D eigenvalue weighted by Crippen LogP contribution is -2.18. The molecule has 0 spiro atoms. The van der Waals surface area contributed by atoms with Crippen molar-refractivity contribution in [2.45, 2.75) is 25.5 Å². The summed E-state index contributed by atoms with van der Waals surface area (Å²) in [4.78, 5) is 23.4. The number of rotatable bonds is 9. The maximum atomic E-state index is 12.4. The Hall–Kier alpha value is -3.14. The zero-order chi connectivity index (χ0) is 19.9. The summed E-state index contributed by atoms with van der Waals surface area (Å²) in [5, 5.41) is 14.8. The summed E-state index contributed by atoms with van der Waals surface area (Å²) in [6.45, 7) is 4.06. The number of tetrazole rings is 1. The van der Waals surface area contributed by atoms with Crippen LogP contribution < -0.4 is 10.1 Å². The SMILES string of the molecule is CCOc1ccccc1-n1nnnc1SCC(=O)c1ccc(CNC(C)=O)o1. The minimum absolute atomic E-state index is 0.101. The van der Waals surface area contributed by atoms with Crippen LogP contribution in [-0.4, -0.2) is 44.3 Å². The second-order valence-corrected chi connectivity index (χ2v) is 6.60. The highest BCUT2D eigenvalue weighted by molar-refractivity contribution is 7.99. The van der Waals surface area contributed by atoms with E-state index in [0.29, 0.717) is 29.0 Å². The molecule has 9 nitrogen and oxygen atoms in total. The van der Waals surface area contributed by atoms with Crippen LogP contribution >= 0.6 is 11.8 Å². The van der Waals surface area contributed by atoms with Gasteiger partial charge in [-0.2, -0.15) is 4.68 Å². The highest BCUT2D eigenvalue weighted by atomic mass is 32.2. The van der Waals surface area contributed by atoms with Crippen LogP contribution in [0, 0.1) is 0 Å². The first-order valence-electron chi connectivity index (χ1n) is 8.58. The van der Waals surface area contributed by atoms with Crippen LogP contribution in [0.15, 0.2) is 46.0 Å². The predicted octanol–water partition coefficient (Wildman–Crippen LogP) is 2.27. The Morgan fingerprint density at radius 3 is 2.86 bits per heavy atom. The van der Waals surface area contributed by atoms with Gasteiger partial charge in [-0.15, -0.1) is 5.10 Å². The van der Waals surface area contributed by atoms with Crippen LogP contribution in [0.2, 0.25) is 0 Å². The van der Waals surface area contributed by atoms with Gasteiger partial charge in [0.2, 0.25) is 16.8 Å². The van der Waals surface area contributed by atoms with E-state index >= 15 is 0 Å². The van der Waals surface area contributed by atoms with E-state index < -0.39 is 0 Å². The molecular weight excluding hydrogens is 382 g/mol. The van der Waals surface area contributed by atoms with Crippen molar-refractivity contribution in [1.82, 2.24) is 25.5 Å². The van der Waals surface area contributed by atoms with E-state index in [2.05, 4.69) is 20.8 Å². The van der Waals surface area contributed by atoms with Crippen LogP contribution in [0.4, 0.5) is 0 Å². The molecule has 0 saturated heterocycles. The fraction of sp³-hybridized carbons (Fsp3) is 0.278. The average Bonchev–Trinajstić information content (AvgIpc) is 3.35. The summed E-state index contributed by atoms with van der Waals surface area (Å²) in [5.41, 5.74) is 0.694. The maximum absolute atomic E-state index is 12.4. The fourth-order valence-corrected chi connectivity index (χ4v) is 3.12. The van der Waals surface area contributed by atoms with E-state index in [0.717, 1.165) is 0 Å². The number of nitrogens with zero attached hydrogens (tertiary/aromatic N) is 4. The molecule has 2 aromatic heterocycles. The number of hydrogen-bond donors (Lipinski definition) is 1. The molecule has 0 atom stereocenters. The number of carbonyl (C=O) groups excluding carboxylic acids is 2. The van der Waals surface area contributed by atoms with E-state index in [4.69, 9.17) is 9.15 Å². The van der Waals surface area contributed by atoms with Gasteiger partial charge in [0.15, 0.2) is 5.76 Å². The Morgan fingerprint density at radius 2 is 2.07 bits per heavy atom. The molecule has 0 aliphatic carbocycles. The zero-order valence-corrected chi connectivity index (χ0v) is 16.2. The minimum atomic E-state index is -0.202. The van der Waals surface area contributed by atoms with Crippen molar-refractivity contribution >= 4 is 23.5 Å². The van der Waals surface area contributed by atoms with Crippen molar-refractivity contribution in [1.29, 1.82) is 0 Å². The van der Waals surface area contributed by atoms with E-state index in [-0.39, 0.29) is 29.7 Å². The quantitative estimate of drug-likeness (QED) is 0.429. The number of ketones is 1. The Labute approximate surface area is 165 Å². The third-order valence-corrected chi connectivity index (χ3v) is 4.53. The maximum Gasteiger partial charge on any atom is 0.217 e. The Balaban J connectivity index is 1.67. The molecule has 0 unspecified atom stereocenters. The van der Waals surface area contributed by atoms with Gasteiger partial charge in [0.05, 0.1) is 18.9 Å². The molecule has 10 heteroatoms. The van der Waals surface area contributed by atoms with Crippen molar-refractivity contribution in [2.75, 3.05) is 12.4 Å². The molecular formula is C18H19N5O4S. The van der Waals surface area contributed by atoms with Crippen molar-refractivity contribution in [3.05, 3.63) is 47.9 Å². The van der Waals surface area contributed by atoms with Crippen LogP contribution in [0.1, 0.15) is 30.2 Å². The number of furan rings is 1. The molecule has 3 aromatic rings. The standard InChI is InChI=1S/C18H19N5O4S/c1-3-26-16-7-5-4-6-14(16)23-18(20-21-22-23)28-11-15(25)17-9-8-13(27-17)10-19-12(2)24/h4-9H,3,10-11H2,1-2H3,(H,19,24). The molecule has 0 saturated carbocycles. The molecule has 0 bridgehead atoms. The van der Waals surface area contributed by atoms with E-state index in [1.165, 1.54) is 23.4 Å². The van der Waals surface area contributed by atoms with Gasteiger partial charge in [-0.05, 0) is 41.6 Å². The number of aromatic nitrogens is 4. The highest BCUT2D eigenvalue weighted by Gasteiger charge is 2.17. The van der Waals surface area contributed by atoms with Gasteiger partial charge in [0.1, 0.15) is 17.2 Å². The summed E-state index contributed by atoms with van der Waals surface area (Å²) < 4.78 is 12.6. The monoisotopic (exact) mass is 401 g/mol.